The van der Waals surface area contributed by atoms with Gasteiger partial charge in [-0.25, -0.2) is 0 Å². The van der Waals surface area contributed by atoms with Crippen LogP contribution in [0, 0.1) is 0 Å². The van der Waals surface area contributed by atoms with Crippen LogP contribution in [0.25, 0.3) is 0 Å². The number of Topliss-reactive ketones (excluding diaryl/α,β-unsaturated/α-hetero) is 1. The number of hydrogen-bond donors (Lipinski definition) is 1. The average molecular weight is 352 g/mol. The van der Waals surface area contributed by atoms with Gasteiger partial charge >= 0.3 is 0 Å². The summed E-state index contributed by atoms with van der Waals surface area (Å²) in [6.07, 6.45) is 3.03. The lowest BCUT2D eigenvalue weighted by Crippen LogP contribution is -2.41. The summed E-state index contributed by atoms with van der Waals surface area (Å²) in [5.41, 5.74) is 2.44. The minimum absolute atomic E-state index is 0.102. The zero-order valence-corrected chi connectivity index (χ0v) is 15.0. The number of nitrogens with zero attached hydrogens (tertiary/aromatic N) is 3. The van der Waals surface area contributed by atoms with E-state index in [-0.39, 0.29) is 17.7 Å². The number of carbonyl (C=O) groups is 2. The van der Waals surface area contributed by atoms with Crippen LogP contribution in [0.2, 0.25) is 0 Å². The number of rotatable bonds is 3. The third kappa shape index (κ3) is 3.17. The third-order valence-electron chi connectivity index (χ3n) is 5.57. The Kier molecular flexibility index (Phi) is 4.59. The molecule has 6 nitrogen and oxygen atoms in total. The second-order valence-electron chi connectivity index (χ2n) is 7.26. The molecule has 136 valence electrons. The standard InChI is InChI=1S/C20H24N4O2/c1-23-10-5-8-18(23)16-13-17(22-21-16)20(26)24-11-9-15(25)12-19(24)14-6-3-2-4-7-14/h2-4,6-7,13,18-19H,5,8-12H2,1H3,(H,21,22). The summed E-state index contributed by atoms with van der Waals surface area (Å²) in [6, 6.07) is 11.8. The topological polar surface area (TPSA) is 69.3 Å². The summed E-state index contributed by atoms with van der Waals surface area (Å²) in [4.78, 5) is 29.2. The number of amides is 1. The molecular weight excluding hydrogens is 328 g/mol. The van der Waals surface area contributed by atoms with Crippen molar-refractivity contribution in [2.45, 2.75) is 37.8 Å². The minimum Gasteiger partial charge on any atom is -0.329 e. The number of nitrogens with one attached hydrogen (secondary N) is 1. The molecule has 3 heterocycles. The molecule has 0 saturated carbocycles. The van der Waals surface area contributed by atoms with E-state index in [1.807, 2.05) is 36.4 Å². The molecule has 0 spiro atoms. The van der Waals surface area contributed by atoms with Crippen molar-refractivity contribution < 1.29 is 9.59 Å². The molecule has 2 saturated heterocycles. The second-order valence-corrected chi connectivity index (χ2v) is 7.26. The first kappa shape index (κ1) is 17.0. The van der Waals surface area contributed by atoms with Crippen LogP contribution in [0.3, 0.4) is 0 Å². The maximum absolute atomic E-state index is 13.1. The van der Waals surface area contributed by atoms with Crippen molar-refractivity contribution in [1.82, 2.24) is 20.0 Å². The van der Waals surface area contributed by atoms with E-state index in [4.69, 9.17) is 0 Å². The summed E-state index contributed by atoms with van der Waals surface area (Å²) in [5.74, 6) is 0.104. The van der Waals surface area contributed by atoms with Gasteiger partial charge in [0.25, 0.3) is 5.91 Å². The van der Waals surface area contributed by atoms with Gasteiger partial charge in [-0.3, -0.25) is 19.6 Å². The van der Waals surface area contributed by atoms with Gasteiger partial charge in [0.1, 0.15) is 11.5 Å². The molecular formula is C20H24N4O2. The van der Waals surface area contributed by atoms with Crippen LogP contribution in [0.1, 0.15) is 59.5 Å². The number of piperidine rings is 1. The molecule has 1 aromatic heterocycles. The Morgan fingerprint density at radius 1 is 1.19 bits per heavy atom. The van der Waals surface area contributed by atoms with Gasteiger partial charge in [0.15, 0.2) is 0 Å². The number of ketones is 1. The molecule has 2 aromatic rings. The van der Waals surface area contributed by atoms with Gasteiger partial charge in [-0.2, -0.15) is 5.10 Å². The van der Waals surface area contributed by atoms with Crippen molar-refractivity contribution in [2.24, 2.45) is 0 Å². The van der Waals surface area contributed by atoms with Gasteiger partial charge in [-0.1, -0.05) is 30.3 Å². The van der Waals surface area contributed by atoms with E-state index in [9.17, 15) is 9.59 Å². The summed E-state index contributed by atoms with van der Waals surface area (Å²) in [6.45, 7) is 1.51. The number of aromatic amines is 1. The molecule has 1 N–H and O–H groups in total. The van der Waals surface area contributed by atoms with Crippen molar-refractivity contribution in [1.29, 1.82) is 0 Å². The van der Waals surface area contributed by atoms with Crippen molar-refractivity contribution in [3.05, 3.63) is 53.3 Å². The molecule has 1 amide bonds. The maximum Gasteiger partial charge on any atom is 0.274 e. The molecule has 0 radical (unpaired) electrons. The number of carbonyl (C=O) groups excluding carboxylic acids is 2. The fourth-order valence-electron chi connectivity index (χ4n) is 4.11. The van der Waals surface area contributed by atoms with E-state index in [1.165, 1.54) is 0 Å². The predicted octanol–water partition coefficient (Wildman–Crippen LogP) is 2.72. The van der Waals surface area contributed by atoms with E-state index >= 15 is 0 Å². The van der Waals surface area contributed by atoms with Gasteiger partial charge in [-0.15, -0.1) is 0 Å². The lowest BCUT2D eigenvalue weighted by Gasteiger charge is -2.35. The molecule has 2 aliphatic heterocycles. The first-order chi connectivity index (χ1) is 12.6. The highest BCUT2D eigenvalue weighted by molar-refractivity contribution is 5.94. The van der Waals surface area contributed by atoms with Crippen LogP contribution >= 0.6 is 0 Å². The van der Waals surface area contributed by atoms with Crippen molar-refractivity contribution in [3.63, 3.8) is 0 Å². The molecule has 2 fully saturated rings. The third-order valence-corrected chi connectivity index (χ3v) is 5.57. The Morgan fingerprint density at radius 3 is 2.73 bits per heavy atom. The number of likely N-dealkylation sites (tertiary alicyclic amines) is 2. The quantitative estimate of drug-likeness (QED) is 0.922. The monoisotopic (exact) mass is 352 g/mol. The van der Waals surface area contributed by atoms with Gasteiger partial charge in [0, 0.05) is 19.4 Å². The van der Waals surface area contributed by atoms with Gasteiger partial charge in [0.2, 0.25) is 0 Å². The Morgan fingerprint density at radius 2 is 2.00 bits per heavy atom. The fourth-order valence-corrected chi connectivity index (χ4v) is 4.11. The fraction of sp³-hybridized carbons (Fsp3) is 0.450. The minimum atomic E-state index is -0.209. The van der Waals surface area contributed by atoms with Crippen molar-refractivity contribution in [3.8, 4) is 0 Å². The highest BCUT2D eigenvalue weighted by atomic mass is 16.2. The van der Waals surface area contributed by atoms with Crippen LogP contribution in [0.4, 0.5) is 0 Å². The molecule has 1 aromatic carbocycles. The lowest BCUT2D eigenvalue weighted by atomic mass is 9.94. The maximum atomic E-state index is 13.1. The molecule has 0 bridgehead atoms. The molecule has 2 aliphatic rings. The molecule has 2 unspecified atom stereocenters. The van der Waals surface area contributed by atoms with E-state index in [1.54, 1.807) is 4.90 Å². The highest BCUT2D eigenvalue weighted by Crippen LogP contribution is 2.32. The Balaban J connectivity index is 1.58. The molecule has 4 rings (SSSR count). The van der Waals surface area contributed by atoms with Crippen LogP contribution in [0.5, 0.6) is 0 Å². The van der Waals surface area contributed by atoms with E-state index in [0.29, 0.717) is 31.1 Å². The SMILES string of the molecule is CN1CCCC1c1cc(C(=O)N2CCC(=O)CC2c2ccccc2)n[nH]1. The van der Waals surface area contributed by atoms with E-state index in [2.05, 4.69) is 22.1 Å². The Bertz CT molecular complexity index is 801. The summed E-state index contributed by atoms with van der Waals surface area (Å²) in [5, 5.41) is 7.35. The van der Waals surface area contributed by atoms with Crippen LogP contribution in [0.15, 0.2) is 36.4 Å². The zero-order valence-electron chi connectivity index (χ0n) is 15.0. The molecule has 0 aliphatic carbocycles. The first-order valence-corrected chi connectivity index (χ1v) is 9.26. The molecule has 26 heavy (non-hydrogen) atoms. The predicted molar refractivity (Wildman–Crippen MR) is 97.7 cm³/mol. The normalized spacial score (nSPS) is 24.2. The summed E-state index contributed by atoms with van der Waals surface area (Å²) < 4.78 is 0. The largest absolute Gasteiger partial charge is 0.329 e. The van der Waals surface area contributed by atoms with Crippen LogP contribution < -0.4 is 0 Å². The number of aromatic nitrogens is 2. The first-order valence-electron chi connectivity index (χ1n) is 9.26. The van der Waals surface area contributed by atoms with Gasteiger partial charge in [-0.05, 0) is 38.1 Å². The Labute approximate surface area is 153 Å². The van der Waals surface area contributed by atoms with Crippen molar-refractivity contribution in [2.75, 3.05) is 20.1 Å². The Hall–Kier alpha value is -2.47. The zero-order chi connectivity index (χ0) is 18.1. The highest BCUT2D eigenvalue weighted by Gasteiger charge is 2.34. The number of H-pyrrole nitrogens is 1. The smallest absolute Gasteiger partial charge is 0.274 e. The number of benzene rings is 1. The molecule has 2 atom stereocenters. The van der Waals surface area contributed by atoms with E-state index in [0.717, 1.165) is 30.6 Å². The second kappa shape index (κ2) is 7.03. The van der Waals surface area contributed by atoms with Crippen LogP contribution in [-0.4, -0.2) is 51.8 Å². The van der Waals surface area contributed by atoms with E-state index < -0.39 is 0 Å². The number of hydrogen-bond acceptors (Lipinski definition) is 4. The van der Waals surface area contributed by atoms with Gasteiger partial charge < -0.3 is 4.90 Å². The summed E-state index contributed by atoms with van der Waals surface area (Å²) >= 11 is 0. The lowest BCUT2D eigenvalue weighted by molar-refractivity contribution is -0.122. The van der Waals surface area contributed by atoms with Crippen molar-refractivity contribution >= 4 is 11.7 Å². The van der Waals surface area contributed by atoms with Crippen LogP contribution in [-0.2, 0) is 4.79 Å². The van der Waals surface area contributed by atoms with Gasteiger partial charge in [0.05, 0.1) is 17.8 Å². The molecule has 6 heteroatoms. The summed E-state index contributed by atoms with van der Waals surface area (Å²) in [7, 11) is 2.10. The average Bonchev–Trinajstić information content (AvgIpc) is 3.30.